The number of nitrogens with zero attached hydrogens (tertiary/aromatic N) is 2. The van der Waals surface area contributed by atoms with E-state index in [9.17, 15) is 18.2 Å². The van der Waals surface area contributed by atoms with Crippen molar-refractivity contribution in [1.82, 2.24) is 9.88 Å². The Hall–Kier alpha value is -2.91. The predicted molar refractivity (Wildman–Crippen MR) is 182 cm³/mol. The van der Waals surface area contributed by atoms with Gasteiger partial charge < -0.3 is 19.3 Å². The van der Waals surface area contributed by atoms with Crippen molar-refractivity contribution < 1.29 is 18.1 Å². The number of aromatic nitrogens is 1. The van der Waals surface area contributed by atoms with Crippen LogP contribution in [-0.2, 0) is 17.0 Å². The second-order valence-electron chi connectivity index (χ2n) is 12.5. The number of anilines is 3. The van der Waals surface area contributed by atoms with Gasteiger partial charge in [-0.3, -0.25) is 14.2 Å². The molecule has 2 aromatic carbocycles. The third kappa shape index (κ3) is 6.93. The molecule has 1 saturated carbocycles. The molecule has 1 aliphatic carbocycles. The zero-order valence-corrected chi connectivity index (χ0v) is 29.7. The van der Waals surface area contributed by atoms with Crippen molar-refractivity contribution in [1.29, 1.82) is 4.78 Å². The summed E-state index contributed by atoms with van der Waals surface area (Å²) >= 11 is 2.01. The Morgan fingerprint density at radius 1 is 1.21 bits per heavy atom. The highest BCUT2D eigenvalue weighted by molar-refractivity contribution is 14.1. The Morgan fingerprint density at radius 3 is 2.42 bits per heavy atom. The highest BCUT2D eigenvalue weighted by Crippen LogP contribution is 2.43. The maximum absolute atomic E-state index is 14.9. The first-order chi connectivity index (χ1) is 19.8. The Balaban J connectivity index is 1.89. The number of hydrogen-bond acceptors (Lipinski definition) is 6. The van der Waals surface area contributed by atoms with Gasteiger partial charge in [0.1, 0.15) is 32.9 Å². The number of carbonyl (C=O) groups excluding carboxylic acids is 1. The highest BCUT2D eigenvalue weighted by atomic mass is 127. The zero-order chi connectivity index (χ0) is 32.1. The van der Waals surface area contributed by atoms with E-state index in [1.165, 1.54) is 23.9 Å². The fourth-order valence-electron chi connectivity index (χ4n) is 4.66. The van der Waals surface area contributed by atoms with Crippen molar-refractivity contribution >= 4 is 63.8 Å². The van der Waals surface area contributed by atoms with Gasteiger partial charge >= 0.3 is 0 Å². The van der Waals surface area contributed by atoms with Crippen molar-refractivity contribution in [3.8, 4) is 11.5 Å². The van der Waals surface area contributed by atoms with Crippen LogP contribution >= 0.6 is 22.6 Å². The minimum Gasteiger partial charge on any atom is -0.456 e. The molecule has 232 valence electrons. The molecule has 0 saturated heterocycles. The van der Waals surface area contributed by atoms with Crippen LogP contribution < -0.4 is 24.9 Å². The largest absolute Gasteiger partial charge is 0.456 e. The Kier molecular flexibility index (Phi) is 9.11. The standard InChI is InChI=1S/C30H39FIN5O4SSi/c1-18-26(41-22-11-9-10-21(17-22)37(42(6,33)40)43(7,8)30(2,3)4)25(28(38)34-20-13-14-20)27(36(5)29(18)39)35-24-15-12-19(32)16-23(24)31/h9-12,15-17,20,33,35H,13-14H2,1-8H3,(H,34,38). The van der Waals surface area contributed by atoms with Crippen molar-refractivity contribution in [2.45, 2.75) is 64.7 Å². The van der Waals surface area contributed by atoms with E-state index >= 15 is 0 Å². The molecule has 13 heteroatoms. The summed E-state index contributed by atoms with van der Waals surface area (Å²) in [7, 11) is -4.16. The van der Waals surface area contributed by atoms with Crippen molar-refractivity contribution in [2.24, 2.45) is 7.05 Å². The number of carbonyl (C=O) groups is 1. The van der Waals surface area contributed by atoms with Gasteiger partial charge in [0, 0.05) is 34.7 Å². The van der Waals surface area contributed by atoms with Crippen LogP contribution in [-0.4, -0.2) is 35.2 Å². The Bertz CT molecular complexity index is 1750. The van der Waals surface area contributed by atoms with Crippen LogP contribution in [0.2, 0.25) is 18.1 Å². The number of pyridine rings is 1. The molecule has 0 spiro atoms. The Morgan fingerprint density at radius 2 is 1.86 bits per heavy atom. The SMILES string of the molecule is Cc1c(Oc2cccc(N([Si](C)(C)C(C)(C)C)S(C)(=N)=O)c2)c(C(=O)NC2CC2)c(Nc2ccc(I)cc2F)n(C)c1=O. The summed E-state index contributed by atoms with van der Waals surface area (Å²) in [4.78, 5) is 27.2. The summed E-state index contributed by atoms with van der Waals surface area (Å²) in [5.74, 6) is -0.563. The third-order valence-electron chi connectivity index (χ3n) is 8.05. The van der Waals surface area contributed by atoms with Gasteiger partial charge in [0.25, 0.3) is 11.5 Å². The lowest BCUT2D eigenvalue weighted by atomic mass is 10.1. The molecule has 1 unspecified atom stereocenters. The molecular weight excluding hydrogens is 700 g/mol. The lowest BCUT2D eigenvalue weighted by molar-refractivity contribution is 0.0948. The summed E-state index contributed by atoms with van der Waals surface area (Å²) < 4.78 is 46.9. The van der Waals surface area contributed by atoms with E-state index in [1.807, 2.05) is 22.6 Å². The van der Waals surface area contributed by atoms with Gasteiger partial charge in [0.2, 0.25) is 0 Å². The number of amides is 1. The first-order valence-electron chi connectivity index (χ1n) is 13.9. The number of benzene rings is 2. The minimum atomic E-state index is -3.17. The monoisotopic (exact) mass is 739 g/mol. The molecule has 0 bridgehead atoms. The number of nitrogens with one attached hydrogen (secondary N) is 3. The summed E-state index contributed by atoms with van der Waals surface area (Å²) in [5.41, 5.74) is 0.495. The number of rotatable bonds is 9. The molecule has 4 rings (SSSR count). The van der Waals surface area contributed by atoms with Crippen LogP contribution in [0.5, 0.6) is 11.5 Å². The lowest BCUT2D eigenvalue weighted by Crippen LogP contribution is -2.57. The molecular formula is C30H39FIN5O4SSi. The van der Waals surface area contributed by atoms with Gasteiger partial charge in [-0.05, 0) is 77.7 Å². The normalized spacial score (nSPS) is 15.0. The zero-order valence-electron chi connectivity index (χ0n) is 25.7. The van der Waals surface area contributed by atoms with E-state index in [-0.39, 0.29) is 39.5 Å². The summed E-state index contributed by atoms with van der Waals surface area (Å²) in [5, 5.41) is 5.72. The molecule has 0 aliphatic heterocycles. The van der Waals surface area contributed by atoms with E-state index in [0.717, 1.165) is 12.8 Å². The Labute approximate surface area is 267 Å². The van der Waals surface area contributed by atoms with Gasteiger partial charge in [0.15, 0.2) is 14.0 Å². The third-order valence-corrected chi connectivity index (χ3v) is 17.0. The van der Waals surface area contributed by atoms with Crippen molar-refractivity contribution in [3.05, 3.63) is 73.3 Å². The molecule has 1 amide bonds. The van der Waals surface area contributed by atoms with Crippen LogP contribution in [0.1, 0.15) is 49.5 Å². The molecule has 1 aliphatic rings. The predicted octanol–water partition coefficient (Wildman–Crippen LogP) is 7.27. The topological polar surface area (TPSA) is 117 Å². The van der Waals surface area contributed by atoms with Crippen LogP contribution in [0.15, 0.2) is 47.3 Å². The van der Waals surface area contributed by atoms with E-state index in [1.54, 1.807) is 47.3 Å². The van der Waals surface area contributed by atoms with E-state index in [0.29, 0.717) is 15.0 Å². The quantitative estimate of drug-likeness (QED) is 0.158. The van der Waals surface area contributed by atoms with E-state index < -0.39 is 35.4 Å². The second kappa shape index (κ2) is 11.9. The molecule has 3 N–H and O–H groups in total. The molecule has 43 heavy (non-hydrogen) atoms. The highest BCUT2D eigenvalue weighted by Gasteiger charge is 2.44. The number of ether oxygens (including phenoxy) is 1. The van der Waals surface area contributed by atoms with Crippen LogP contribution in [0, 0.1) is 21.1 Å². The van der Waals surface area contributed by atoms with E-state index in [4.69, 9.17) is 9.52 Å². The first kappa shape index (κ1) is 33.0. The molecule has 1 heterocycles. The summed E-state index contributed by atoms with van der Waals surface area (Å²) in [6.45, 7) is 12.0. The van der Waals surface area contributed by atoms with Gasteiger partial charge in [-0.15, -0.1) is 0 Å². The molecule has 0 radical (unpaired) electrons. The number of hydrogen-bond donors (Lipinski definition) is 3. The van der Waals surface area contributed by atoms with Crippen molar-refractivity contribution in [2.75, 3.05) is 15.5 Å². The summed E-state index contributed by atoms with van der Waals surface area (Å²) in [6, 6.07) is 11.5. The molecule has 1 aromatic heterocycles. The molecule has 3 aromatic rings. The van der Waals surface area contributed by atoms with Gasteiger partial charge in [0.05, 0.1) is 11.3 Å². The summed E-state index contributed by atoms with van der Waals surface area (Å²) in [6.07, 6.45) is 3.10. The average Bonchev–Trinajstić information content (AvgIpc) is 3.69. The smallest absolute Gasteiger partial charge is 0.259 e. The minimum absolute atomic E-state index is 0.0111. The van der Waals surface area contributed by atoms with E-state index in [2.05, 4.69) is 44.5 Å². The van der Waals surface area contributed by atoms with Crippen molar-refractivity contribution in [3.63, 3.8) is 0 Å². The van der Waals surface area contributed by atoms with Crippen LogP contribution in [0.4, 0.5) is 21.6 Å². The van der Waals surface area contributed by atoms with Gasteiger partial charge in [-0.1, -0.05) is 39.9 Å². The molecule has 1 atom stereocenters. The lowest BCUT2D eigenvalue weighted by Gasteiger charge is -2.46. The average molecular weight is 740 g/mol. The van der Waals surface area contributed by atoms with Gasteiger partial charge in [-0.2, -0.15) is 0 Å². The fourth-order valence-corrected chi connectivity index (χ4v) is 11.3. The van der Waals surface area contributed by atoms with Crippen LogP contribution in [0.25, 0.3) is 0 Å². The first-order valence-corrected chi connectivity index (χ1v) is 19.9. The maximum Gasteiger partial charge on any atom is 0.259 e. The molecule has 9 nitrogen and oxygen atoms in total. The van der Waals surface area contributed by atoms with Crippen LogP contribution in [0.3, 0.4) is 0 Å². The fraction of sp³-hybridized carbons (Fsp3) is 0.400. The number of halogens is 2. The molecule has 1 fully saturated rings. The van der Waals surface area contributed by atoms with Gasteiger partial charge in [-0.25, -0.2) is 13.4 Å². The maximum atomic E-state index is 14.9. The second-order valence-corrected chi connectivity index (χ2v) is 21.1.